The summed E-state index contributed by atoms with van der Waals surface area (Å²) in [6.45, 7) is 4.78. The van der Waals surface area contributed by atoms with E-state index in [2.05, 4.69) is 52.0 Å². The highest BCUT2D eigenvalue weighted by Gasteiger charge is 2.55. The molecule has 0 spiro atoms. The fourth-order valence-electron chi connectivity index (χ4n) is 9.55. The van der Waals surface area contributed by atoms with Gasteiger partial charge in [0.1, 0.15) is 28.3 Å². The molecule has 2 amide bonds. The second-order valence-corrected chi connectivity index (χ2v) is 20.7. The number of benzene rings is 6. The highest BCUT2D eigenvalue weighted by atomic mass is 32.2. The lowest BCUT2D eigenvalue weighted by Crippen LogP contribution is -2.71. The van der Waals surface area contributed by atoms with Gasteiger partial charge >= 0.3 is 11.9 Å². The van der Waals surface area contributed by atoms with Crippen LogP contribution in [0, 0.1) is 5.92 Å². The van der Waals surface area contributed by atoms with E-state index < -0.39 is 58.5 Å². The third-order valence-electron chi connectivity index (χ3n) is 13.4. The highest BCUT2D eigenvalue weighted by Crippen LogP contribution is 2.44. The quantitative estimate of drug-likeness (QED) is 0.0198. The zero-order chi connectivity index (χ0) is 54.1. The number of esters is 2. The molecule has 0 saturated carbocycles. The first-order chi connectivity index (χ1) is 38.1. The molecular formula is C63H54N6O7S2. The number of amides is 2. The van der Waals surface area contributed by atoms with Gasteiger partial charge in [-0.25, -0.2) is 9.78 Å². The number of thioether (sulfide) groups is 1. The summed E-state index contributed by atoms with van der Waals surface area (Å²) in [6.07, 6.45) is 5.58. The molecule has 1 unspecified atom stereocenters. The molecule has 2 aliphatic rings. The Kier molecular flexibility index (Phi) is 15.8. The van der Waals surface area contributed by atoms with Gasteiger partial charge in [-0.3, -0.25) is 24.3 Å². The average molecular weight is 1070 g/mol. The van der Waals surface area contributed by atoms with Gasteiger partial charge in [-0.1, -0.05) is 219 Å². The number of pyridine rings is 1. The first kappa shape index (κ1) is 52.5. The number of rotatable bonds is 19. The first-order valence-corrected chi connectivity index (χ1v) is 27.3. The number of hydrogen-bond acceptors (Lipinski definition) is 13. The van der Waals surface area contributed by atoms with E-state index in [1.807, 2.05) is 152 Å². The van der Waals surface area contributed by atoms with Gasteiger partial charge < -0.3 is 24.9 Å². The smallest absolute Gasteiger partial charge is 0.358 e. The van der Waals surface area contributed by atoms with Crippen molar-refractivity contribution in [2.75, 3.05) is 11.1 Å². The third-order valence-corrected chi connectivity index (χ3v) is 15.4. The summed E-state index contributed by atoms with van der Waals surface area (Å²) in [5, 5.41) is 13.1. The lowest BCUT2D eigenvalue weighted by Gasteiger charge is -2.49. The zero-order valence-electron chi connectivity index (χ0n) is 42.8. The number of β-lactam (4-membered cyclic amide) rings is 1. The van der Waals surface area contributed by atoms with Gasteiger partial charge in [0.05, 0.1) is 5.92 Å². The molecule has 6 aromatic carbocycles. The van der Waals surface area contributed by atoms with Crippen molar-refractivity contribution in [3.8, 4) is 0 Å². The molecule has 2 aliphatic heterocycles. The number of hydrogen-bond donors (Lipinski definition) is 2. The molecule has 2 N–H and O–H groups in total. The Labute approximate surface area is 460 Å². The molecule has 8 aromatic rings. The predicted molar refractivity (Wildman–Crippen MR) is 304 cm³/mol. The largest absolute Gasteiger partial charge is 0.425 e. The number of nitrogens with zero attached hydrogens (tertiary/aromatic N) is 4. The number of allylic oxidation sites excluding steroid dienone is 1. The third kappa shape index (κ3) is 10.7. The van der Waals surface area contributed by atoms with E-state index in [0.717, 1.165) is 38.9 Å². The van der Waals surface area contributed by atoms with Crippen molar-refractivity contribution in [2.45, 2.75) is 49.6 Å². The number of ether oxygens (including phenoxy) is 2. The van der Waals surface area contributed by atoms with Crippen molar-refractivity contribution >= 4 is 63.8 Å². The summed E-state index contributed by atoms with van der Waals surface area (Å²) in [5.74, 6) is -2.96. The van der Waals surface area contributed by atoms with Crippen molar-refractivity contribution in [3.63, 3.8) is 0 Å². The van der Waals surface area contributed by atoms with Crippen LogP contribution in [-0.4, -0.2) is 67.8 Å². The van der Waals surface area contributed by atoms with Gasteiger partial charge in [-0.15, -0.1) is 23.1 Å². The van der Waals surface area contributed by atoms with Crippen LogP contribution in [-0.2, 0) is 44.6 Å². The minimum absolute atomic E-state index is 0.0358. The van der Waals surface area contributed by atoms with Gasteiger partial charge in [0.2, 0.25) is 11.9 Å². The Morgan fingerprint density at radius 2 is 1.19 bits per heavy atom. The number of nitrogens with one attached hydrogen (secondary N) is 2. The normalized spacial score (nSPS) is 16.0. The van der Waals surface area contributed by atoms with Crippen LogP contribution in [0.5, 0.6) is 0 Å². The average Bonchev–Trinajstić information content (AvgIpc) is 4.07. The van der Waals surface area contributed by atoms with Gasteiger partial charge in [-0.05, 0) is 33.9 Å². The van der Waals surface area contributed by atoms with E-state index in [0.29, 0.717) is 10.7 Å². The summed E-state index contributed by atoms with van der Waals surface area (Å²) in [7, 11) is 0. The number of fused-ring (bicyclic) bond motifs is 1. The number of anilines is 1. The van der Waals surface area contributed by atoms with E-state index in [9.17, 15) is 14.4 Å². The molecule has 4 heterocycles. The number of thiazole rings is 1. The molecular weight excluding hydrogens is 1020 g/mol. The number of aromatic nitrogens is 2. The molecule has 0 bridgehead atoms. The van der Waals surface area contributed by atoms with Gasteiger partial charge in [0.25, 0.3) is 11.8 Å². The van der Waals surface area contributed by atoms with E-state index in [-0.39, 0.29) is 22.9 Å². The lowest BCUT2D eigenvalue weighted by molar-refractivity contribution is -0.186. The molecule has 13 nitrogen and oxygen atoms in total. The number of oxime groups is 1. The van der Waals surface area contributed by atoms with Crippen molar-refractivity contribution in [3.05, 3.63) is 274 Å². The minimum atomic E-state index is -1.39. The maximum atomic E-state index is 15.4. The van der Waals surface area contributed by atoms with Crippen molar-refractivity contribution in [1.29, 1.82) is 0 Å². The Morgan fingerprint density at radius 1 is 0.679 bits per heavy atom. The van der Waals surface area contributed by atoms with Crippen LogP contribution in [0.2, 0.25) is 0 Å². The van der Waals surface area contributed by atoms with Crippen LogP contribution in [0.1, 0.15) is 65.4 Å². The summed E-state index contributed by atoms with van der Waals surface area (Å²) >= 11 is 2.65. The predicted octanol–water partition coefficient (Wildman–Crippen LogP) is 11.1. The van der Waals surface area contributed by atoms with Gasteiger partial charge in [0, 0.05) is 47.1 Å². The van der Waals surface area contributed by atoms with E-state index >= 15 is 4.79 Å². The van der Waals surface area contributed by atoms with Crippen LogP contribution in [0.15, 0.2) is 234 Å². The standard InChI is InChI=1S/C63H54N6O7S2/c1-42(2)59(72)74-43(3)75-60(73)55-45(37-36-44-23-22-38-64-39-44)40-77-58-54(57(71)69(55)58)66-56(70)53(68-76-63(49-30-16-7-17-31-49,50-32-18-8-19-33-50)51-34-20-9-21-35-51)52-41-78-61(65-52)67-62(46-24-10-4-11-25-46,47-26-12-5-13-27-47)48-28-14-6-15-29-48/h4-39,41-43,54,58H,40H2,1-3H3,(H,65,67)(H,66,70)/b37-36-,68-53+/t43?,54-,58-/m1/s1. The van der Waals surface area contributed by atoms with Crippen LogP contribution >= 0.6 is 23.1 Å². The monoisotopic (exact) mass is 1070 g/mol. The maximum absolute atomic E-state index is 15.4. The Bertz CT molecular complexity index is 3280. The van der Waals surface area contributed by atoms with Gasteiger partial charge in [-0.2, -0.15) is 0 Å². The second-order valence-electron chi connectivity index (χ2n) is 18.7. The summed E-state index contributed by atoms with van der Waals surface area (Å²) < 4.78 is 11.1. The minimum Gasteiger partial charge on any atom is -0.425 e. The molecule has 390 valence electrons. The van der Waals surface area contributed by atoms with E-state index in [1.54, 1.807) is 49.8 Å². The summed E-state index contributed by atoms with van der Waals surface area (Å²) in [5.41, 5.74) is 3.89. The van der Waals surface area contributed by atoms with Gasteiger partial charge in [0.15, 0.2) is 10.8 Å². The van der Waals surface area contributed by atoms with E-state index in [1.165, 1.54) is 34.9 Å². The molecule has 2 aromatic heterocycles. The fourth-order valence-corrected chi connectivity index (χ4v) is 11.6. The summed E-state index contributed by atoms with van der Waals surface area (Å²) in [4.78, 5) is 74.3. The molecule has 78 heavy (non-hydrogen) atoms. The molecule has 1 saturated heterocycles. The van der Waals surface area contributed by atoms with Crippen molar-refractivity contribution < 1.29 is 33.5 Å². The molecule has 0 radical (unpaired) electrons. The Balaban J connectivity index is 1.05. The first-order valence-electron chi connectivity index (χ1n) is 25.4. The molecule has 1 fully saturated rings. The SMILES string of the molecule is CC(OC(=O)C1=C(/C=C\c2cccnc2)CS[C@@H]2[C@H](NC(=O)/C(=N/OC(c3ccccc3)(c3ccccc3)c3ccccc3)c3csc(NC(c4ccccc4)(c4ccccc4)c4ccccc4)n3)C(=O)N12)OC(=O)C(C)C. The zero-order valence-corrected chi connectivity index (χ0v) is 44.5. The maximum Gasteiger partial charge on any atom is 0.358 e. The molecule has 10 rings (SSSR count). The molecule has 3 atom stereocenters. The van der Waals surface area contributed by atoms with E-state index in [4.69, 9.17) is 24.5 Å². The highest BCUT2D eigenvalue weighted by molar-refractivity contribution is 8.00. The number of carbonyl (C=O) groups is 4. The fraction of sp³-hybridized carbons (Fsp3) is 0.159. The Morgan fingerprint density at radius 3 is 1.68 bits per heavy atom. The Hall–Kier alpha value is -8.92. The van der Waals surface area contributed by atoms with Crippen LogP contribution < -0.4 is 10.6 Å². The number of carbonyl (C=O) groups excluding carboxylic acids is 4. The second kappa shape index (κ2) is 23.5. The molecule has 15 heteroatoms. The van der Waals surface area contributed by atoms with Crippen LogP contribution in [0.4, 0.5) is 5.13 Å². The van der Waals surface area contributed by atoms with Crippen molar-refractivity contribution in [1.82, 2.24) is 20.2 Å². The topological polar surface area (TPSA) is 161 Å². The molecule has 0 aliphatic carbocycles. The summed E-state index contributed by atoms with van der Waals surface area (Å²) in [6, 6.07) is 61.8. The lowest BCUT2D eigenvalue weighted by atomic mass is 9.77. The van der Waals surface area contributed by atoms with Crippen molar-refractivity contribution in [2.24, 2.45) is 11.1 Å². The van der Waals surface area contributed by atoms with Crippen LogP contribution in [0.3, 0.4) is 0 Å². The van der Waals surface area contributed by atoms with Crippen LogP contribution in [0.25, 0.3) is 6.08 Å².